The Morgan fingerprint density at radius 3 is 2.24 bits per heavy atom. The van der Waals surface area contributed by atoms with Crippen LogP contribution >= 0.6 is 0 Å². The minimum absolute atomic E-state index is 0.0984. The summed E-state index contributed by atoms with van der Waals surface area (Å²) in [5, 5.41) is 13.7. The Kier molecular flexibility index (Phi) is 6.85. The Morgan fingerprint density at radius 1 is 1.14 bits per heavy atom. The number of aliphatic hydroxyl groups is 1. The Labute approximate surface area is 130 Å². The molecule has 1 aromatic rings. The van der Waals surface area contributed by atoms with Crippen molar-refractivity contribution < 1.29 is 5.11 Å². The average Bonchev–Trinajstić information content (AvgIpc) is 2.52. The number of nitrogens with one attached hydrogen (secondary N) is 1. The molecule has 1 aromatic carbocycles. The summed E-state index contributed by atoms with van der Waals surface area (Å²) in [6, 6.07) is 10.3. The molecule has 21 heavy (non-hydrogen) atoms. The first-order chi connectivity index (χ1) is 9.91. The van der Waals surface area contributed by atoms with E-state index in [1.807, 2.05) is 18.2 Å². The fourth-order valence-corrected chi connectivity index (χ4v) is 2.46. The maximum atomic E-state index is 10.2. The molecule has 0 aliphatic rings. The number of likely N-dealkylation sites (N-methyl/N-ethyl adjacent to an activating group) is 1. The van der Waals surface area contributed by atoms with Gasteiger partial charge in [0.15, 0.2) is 0 Å². The third-order valence-corrected chi connectivity index (χ3v) is 4.72. The molecule has 1 atom stereocenters. The molecule has 2 N–H and O–H groups in total. The Morgan fingerprint density at radius 2 is 1.76 bits per heavy atom. The number of nitrogens with zero attached hydrogens (tertiary/aromatic N) is 1. The van der Waals surface area contributed by atoms with Gasteiger partial charge in [-0.05, 0) is 45.8 Å². The summed E-state index contributed by atoms with van der Waals surface area (Å²) in [5.41, 5.74) is 0.862. The lowest BCUT2D eigenvalue weighted by atomic mass is 9.87. The maximum Gasteiger partial charge on any atom is 0.0797 e. The molecule has 0 saturated carbocycles. The van der Waals surface area contributed by atoms with Crippen molar-refractivity contribution in [3.05, 3.63) is 35.9 Å². The van der Waals surface area contributed by atoms with E-state index in [1.165, 1.54) is 0 Å². The summed E-state index contributed by atoms with van der Waals surface area (Å²) in [4.78, 5) is 2.35. The van der Waals surface area contributed by atoms with Gasteiger partial charge in [-0.1, -0.05) is 44.2 Å². The average molecular weight is 292 g/mol. The van der Waals surface area contributed by atoms with Gasteiger partial charge in [-0.3, -0.25) is 4.90 Å². The van der Waals surface area contributed by atoms with E-state index in [0.717, 1.165) is 31.5 Å². The lowest BCUT2D eigenvalue weighted by molar-refractivity contribution is 0.0655. The maximum absolute atomic E-state index is 10.2. The molecule has 3 heteroatoms. The van der Waals surface area contributed by atoms with Crippen LogP contribution in [0, 0.1) is 0 Å². The molecule has 0 saturated heterocycles. The van der Waals surface area contributed by atoms with Crippen LogP contribution in [0.25, 0.3) is 0 Å². The molecule has 0 aromatic heterocycles. The first-order valence-corrected chi connectivity index (χ1v) is 8.04. The second-order valence-electron chi connectivity index (χ2n) is 6.56. The topological polar surface area (TPSA) is 35.5 Å². The molecular weight excluding hydrogens is 260 g/mol. The first kappa shape index (κ1) is 18.1. The summed E-state index contributed by atoms with van der Waals surface area (Å²) in [5.74, 6) is 0. The highest BCUT2D eigenvalue weighted by Gasteiger charge is 2.35. The van der Waals surface area contributed by atoms with Gasteiger partial charge in [0, 0.05) is 12.1 Å². The second-order valence-corrected chi connectivity index (χ2v) is 6.56. The van der Waals surface area contributed by atoms with E-state index in [1.54, 1.807) is 0 Å². The molecule has 0 fully saturated rings. The predicted octanol–water partition coefficient (Wildman–Crippen LogP) is 2.99. The van der Waals surface area contributed by atoms with Gasteiger partial charge in [-0.25, -0.2) is 0 Å². The molecule has 120 valence electrons. The zero-order chi connectivity index (χ0) is 15.9. The lowest BCUT2D eigenvalue weighted by Gasteiger charge is -2.43. The smallest absolute Gasteiger partial charge is 0.0797 e. The van der Waals surface area contributed by atoms with E-state index in [2.05, 4.69) is 57.1 Å². The van der Waals surface area contributed by atoms with E-state index in [9.17, 15) is 5.11 Å². The largest absolute Gasteiger partial charge is 0.394 e. The molecule has 0 bridgehead atoms. The van der Waals surface area contributed by atoms with Gasteiger partial charge in [0.2, 0.25) is 0 Å². The van der Waals surface area contributed by atoms with Crippen LogP contribution in [0.2, 0.25) is 0 Å². The third kappa shape index (κ3) is 4.53. The third-order valence-electron chi connectivity index (χ3n) is 4.72. The minimum Gasteiger partial charge on any atom is -0.394 e. The van der Waals surface area contributed by atoms with E-state index in [4.69, 9.17) is 0 Å². The van der Waals surface area contributed by atoms with E-state index < -0.39 is 5.54 Å². The molecule has 1 rings (SSSR count). The van der Waals surface area contributed by atoms with Crippen LogP contribution in [-0.2, 0) is 5.54 Å². The van der Waals surface area contributed by atoms with Crippen molar-refractivity contribution in [3.8, 4) is 0 Å². The fraction of sp³-hybridized carbons (Fsp3) is 0.667. The SMILES string of the molecule is CCCNC(CO)(CN(C)C(C)(C)CC)c1ccccc1. The summed E-state index contributed by atoms with van der Waals surface area (Å²) in [7, 11) is 2.14. The molecular formula is C18H32N2O. The fourth-order valence-electron chi connectivity index (χ4n) is 2.46. The monoisotopic (exact) mass is 292 g/mol. The number of hydrogen-bond acceptors (Lipinski definition) is 3. The molecule has 0 spiro atoms. The molecule has 0 aliphatic heterocycles. The quantitative estimate of drug-likeness (QED) is 0.734. The molecule has 0 heterocycles. The molecule has 0 radical (unpaired) electrons. The van der Waals surface area contributed by atoms with Gasteiger partial charge < -0.3 is 10.4 Å². The van der Waals surface area contributed by atoms with Gasteiger partial charge in [-0.2, -0.15) is 0 Å². The predicted molar refractivity (Wildman–Crippen MR) is 90.5 cm³/mol. The lowest BCUT2D eigenvalue weighted by Crippen LogP contribution is -2.57. The van der Waals surface area contributed by atoms with Gasteiger partial charge >= 0.3 is 0 Å². The highest BCUT2D eigenvalue weighted by Crippen LogP contribution is 2.26. The number of rotatable bonds is 9. The van der Waals surface area contributed by atoms with Crippen molar-refractivity contribution in [2.45, 2.75) is 51.6 Å². The molecule has 1 unspecified atom stereocenters. The van der Waals surface area contributed by atoms with E-state index in [-0.39, 0.29) is 12.1 Å². The second kappa shape index (κ2) is 7.92. The Hall–Kier alpha value is -0.900. The van der Waals surface area contributed by atoms with Crippen LogP contribution in [0.4, 0.5) is 0 Å². The van der Waals surface area contributed by atoms with Crippen molar-refractivity contribution in [1.29, 1.82) is 0 Å². The highest BCUT2D eigenvalue weighted by molar-refractivity contribution is 5.25. The van der Waals surface area contributed by atoms with Crippen molar-refractivity contribution >= 4 is 0 Å². The summed E-state index contributed by atoms with van der Waals surface area (Å²) in [6.45, 7) is 10.6. The van der Waals surface area contributed by atoms with Gasteiger partial charge in [0.25, 0.3) is 0 Å². The van der Waals surface area contributed by atoms with Crippen LogP contribution in [-0.4, -0.2) is 42.3 Å². The van der Waals surface area contributed by atoms with Crippen molar-refractivity contribution in [2.24, 2.45) is 0 Å². The number of aliphatic hydroxyl groups excluding tert-OH is 1. The Balaban J connectivity index is 3.07. The van der Waals surface area contributed by atoms with Crippen molar-refractivity contribution in [1.82, 2.24) is 10.2 Å². The van der Waals surface area contributed by atoms with Crippen LogP contribution in [0.15, 0.2) is 30.3 Å². The van der Waals surface area contributed by atoms with Gasteiger partial charge in [-0.15, -0.1) is 0 Å². The van der Waals surface area contributed by atoms with Crippen molar-refractivity contribution in [3.63, 3.8) is 0 Å². The molecule has 0 amide bonds. The summed E-state index contributed by atoms with van der Waals surface area (Å²) in [6.07, 6.45) is 2.13. The minimum atomic E-state index is -0.404. The standard InChI is InChI=1S/C18H32N2O/c1-6-13-19-18(15-21,16-11-9-8-10-12-16)14-20(5)17(3,4)7-2/h8-12,19,21H,6-7,13-15H2,1-5H3. The van der Waals surface area contributed by atoms with Crippen LogP contribution < -0.4 is 5.32 Å². The molecule has 3 nitrogen and oxygen atoms in total. The van der Waals surface area contributed by atoms with Crippen LogP contribution in [0.5, 0.6) is 0 Å². The van der Waals surface area contributed by atoms with Crippen LogP contribution in [0.1, 0.15) is 46.1 Å². The number of benzene rings is 1. The van der Waals surface area contributed by atoms with Gasteiger partial charge in [0.05, 0.1) is 12.1 Å². The van der Waals surface area contributed by atoms with E-state index in [0.29, 0.717) is 0 Å². The summed E-state index contributed by atoms with van der Waals surface area (Å²) < 4.78 is 0. The molecule has 0 aliphatic carbocycles. The highest BCUT2D eigenvalue weighted by atomic mass is 16.3. The normalized spacial score (nSPS) is 15.2. The Bertz CT molecular complexity index is 405. The van der Waals surface area contributed by atoms with E-state index >= 15 is 0 Å². The zero-order valence-corrected chi connectivity index (χ0v) is 14.3. The van der Waals surface area contributed by atoms with Gasteiger partial charge in [0.1, 0.15) is 0 Å². The van der Waals surface area contributed by atoms with Crippen molar-refractivity contribution in [2.75, 3.05) is 26.7 Å². The first-order valence-electron chi connectivity index (χ1n) is 8.04. The van der Waals surface area contributed by atoms with Crippen LogP contribution in [0.3, 0.4) is 0 Å². The number of hydrogen-bond donors (Lipinski definition) is 2. The zero-order valence-electron chi connectivity index (χ0n) is 14.3. The summed E-state index contributed by atoms with van der Waals surface area (Å²) >= 11 is 0.